The number of carbonyl (C=O) groups is 2. The second-order valence-corrected chi connectivity index (χ2v) is 6.93. The Morgan fingerprint density at radius 2 is 1.64 bits per heavy atom. The Hall–Kier alpha value is -3.29. The molecule has 0 fully saturated rings. The maximum absolute atomic E-state index is 11.4. The summed E-state index contributed by atoms with van der Waals surface area (Å²) in [7, 11) is 0. The number of aromatic carboxylic acids is 2. The van der Waals surface area contributed by atoms with Crippen LogP contribution in [0.1, 0.15) is 20.8 Å². The second kappa shape index (κ2) is 6.70. The van der Waals surface area contributed by atoms with Gasteiger partial charge in [0.2, 0.25) is 0 Å². The molecule has 0 unspecified atom stereocenters. The highest BCUT2D eigenvalue weighted by Gasteiger charge is 2.16. The molecule has 2 aromatic heterocycles. The number of carboxylic acids is 2. The Morgan fingerprint density at radius 3 is 2.29 bits per heavy atom. The first-order valence-corrected chi connectivity index (χ1v) is 8.73. The van der Waals surface area contributed by atoms with Gasteiger partial charge in [0.15, 0.2) is 0 Å². The molecule has 0 aliphatic rings. The van der Waals surface area contributed by atoms with E-state index in [1.54, 1.807) is 24.3 Å². The zero-order chi connectivity index (χ0) is 20.0. The van der Waals surface area contributed by atoms with Gasteiger partial charge in [-0.15, -0.1) is 0 Å². The summed E-state index contributed by atoms with van der Waals surface area (Å²) in [5.41, 5.74) is 1.52. The van der Waals surface area contributed by atoms with Gasteiger partial charge in [-0.3, -0.25) is 0 Å². The second-order valence-electron chi connectivity index (χ2n) is 6.06. The molecule has 4 rings (SSSR count). The molecular formula is C19H11Cl2N3O4. The summed E-state index contributed by atoms with van der Waals surface area (Å²) in [4.78, 5) is 30.1. The summed E-state index contributed by atoms with van der Waals surface area (Å²) in [5.74, 6) is -1.87. The van der Waals surface area contributed by atoms with Gasteiger partial charge in [0, 0.05) is 26.5 Å². The van der Waals surface area contributed by atoms with Crippen molar-refractivity contribution in [2.75, 3.05) is 5.32 Å². The Kier molecular flexibility index (Phi) is 4.33. The number of aromatic nitrogens is 2. The third-order valence-corrected chi connectivity index (χ3v) is 4.61. The first kappa shape index (κ1) is 18.1. The maximum Gasteiger partial charge on any atom is 0.352 e. The number of fused-ring (bicyclic) bond motifs is 3. The number of pyridine rings is 1. The summed E-state index contributed by atoms with van der Waals surface area (Å²) in [5, 5.41) is 23.6. The number of nitrogens with zero attached hydrogens (tertiary/aromatic N) is 1. The van der Waals surface area contributed by atoms with Crippen molar-refractivity contribution in [3.8, 4) is 0 Å². The van der Waals surface area contributed by atoms with Crippen LogP contribution < -0.4 is 5.32 Å². The van der Waals surface area contributed by atoms with Gasteiger partial charge in [0.05, 0.1) is 16.6 Å². The van der Waals surface area contributed by atoms with Gasteiger partial charge in [-0.1, -0.05) is 23.2 Å². The van der Waals surface area contributed by atoms with Gasteiger partial charge in [-0.05, 0) is 42.5 Å². The van der Waals surface area contributed by atoms with E-state index in [9.17, 15) is 19.8 Å². The molecule has 9 heteroatoms. The molecule has 140 valence electrons. The van der Waals surface area contributed by atoms with Crippen LogP contribution in [0.15, 0.2) is 42.5 Å². The van der Waals surface area contributed by atoms with Gasteiger partial charge in [-0.25, -0.2) is 14.6 Å². The first-order valence-electron chi connectivity index (χ1n) is 7.98. The number of H-pyrrole nitrogens is 1. The zero-order valence-electron chi connectivity index (χ0n) is 14.0. The number of carboxylic acid groups (broad SMARTS) is 2. The number of halogens is 2. The molecule has 4 N–H and O–H groups in total. The molecule has 4 aromatic rings. The van der Waals surface area contributed by atoms with Crippen molar-refractivity contribution in [2.45, 2.75) is 0 Å². The number of anilines is 2. The monoisotopic (exact) mass is 415 g/mol. The maximum atomic E-state index is 11.4. The Labute approximate surface area is 167 Å². The highest BCUT2D eigenvalue weighted by molar-refractivity contribution is 6.35. The van der Waals surface area contributed by atoms with Crippen LogP contribution in [0, 0.1) is 0 Å². The minimum Gasteiger partial charge on any atom is -0.478 e. The lowest BCUT2D eigenvalue weighted by molar-refractivity contribution is 0.0683. The van der Waals surface area contributed by atoms with Crippen molar-refractivity contribution in [1.82, 2.24) is 9.97 Å². The average Bonchev–Trinajstić information content (AvgIpc) is 3.06. The average molecular weight is 416 g/mol. The summed E-state index contributed by atoms with van der Waals surface area (Å²) in [6, 6.07) is 10.8. The van der Waals surface area contributed by atoms with Gasteiger partial charge < -0.3 is 20.5 Å². The highest BCUT2D eigenvalue weighted by Crippen LogP contribution is 2.33. The molecule has 0 saturated carbocycles. The molecule has 2 heterocycles. The minimum absolute atomic E-state index is 0.0150. The van der Waals surface area contributed by atoms with Gasteiger partial charge in [0.1, 0.15) is 11.5 Å². The van der Waals surface area contributed by atoms with Crippen LogP contribution >= 0.6 is 23.2 Å². The number of benzene rings is 2. The van der Waals surface area contributed by atoms with E-state index >= 15 is 0 Å². The van der Waals surface area contributed by atoms with E-state index < -0.39 is 11.9 Å². The lowest BCUT2D eigenvalue weighted by atomic mass is 10.1. The first-order chi connectivity index (χ1) is 13.3. The van der Waals surface area contributed by atoms with Crippen LogP contribution in [0.3, 0.4) is 0 Å². The molecule has 0 saturated heterocycles. The fourth-order valence-corrected chi connectivity index (χ4v) is 3.50. The lowest BCUT2D eigenvalue weighted by Crippen LogP contribution is -1.99. The number of nitrogens with one attached hydrogen (secondary N) is 2. The normalized spacial score (nSPS) is 11.1. The van der Waals surface area contributed by atoms with Crippen molar-refractivity contribution < 1.29 is 19.8 Å². The fraction of sp³-hybridized carbons (Fsp3) is 0. The topological polar surface area (TPSA) is 115 Å². The SMILES string of the molecule is O=C(O)c1ccc2c(c1)nc(Nc1cc(Cl)cc(Cl)c1)c1cc(C(=O)O)[nH]c12. The van der Waals surface area contributed by atoms with E-state index in [-0.39, 0.29) is 11.3 Å². The van der Waals surface area contributed by atoms with Crippen molar-refractivity contribution in [1.29, 1.82) is 0 Å². The molecule has 0 radical (unpaired) electrons. The Bertz CT molecular complexity index is 1260. The quantitative estimate of drug-likeness (QED) is 0.365. The lowest BCUT2D eigenvalue weighted by Gasteiger charge is -2.10. The number of aromatic amines is 1. The van der Waals surface area contributed by atoms with Crippen LogP contribution in [0.2, 0.25) is 10.0 Å². The standard InChI is InChI=1S/C19H11Cl2N3O4/c20-9-4-10(21)6-11(5-9)22-17-13-7-15(19(27)28)23-16(13)12-2-1-8(18(25)26)3-14(12)24-17/h1-7,23H,(H,22,24)(H,25,26)(H,27,28). The number of hydrogen-bond donors (Lipinski definition) is 4. The molecule has 7 nitrogen and oxygen atoms in total. The largest absolute Gasteiger partial charge is 0.478 e. The summed E-state index contributed by atoms with van der Waals surface area (Å²) >= 11 is 12.1. The van der Waals surface area contributed by atoms with Crippen molar-refractivity contribution >= 4 is 68.5 Å². The fourth-order valence-electron chi connectivity index (χ4n) is 2.98. The van der Waals surface area contributed by atoms with E-state index in [0.717, 1.165) is 0 Å². The molecule has 0 amide bonds. The van der Waals surface area contributed by atoms with Crippen LogP contribution in [0.5, 0.6) is 0 Å². The molecule has 0 atom stereocenters. The van der Waals surface area contributed by atoms with E-state index in [0.29, 0.717) is 43.4 Å². The van der Waals surface area contributed by atoms with Crippen molar-refractivity contribution in [3.05, 3.63) is 63.8 Å². The number of hydrogen-bond acceptors (Lipinski definition) is 4. The Morgan fingerprint density at radius 1 is 0.929 bits per heavy atom. The summed E-state index contributed by atoms with van der Waals surface area (Å²) in [6.07, 6.45) is 0. The van der Waals surface area contributed by atoms with E-state index in [2.05, 4.69) is 15.3 Å². The molecule has 28 heavy (non-hydrogen) atoms. The van der Waals surface area contributed by atoms with Crippen molar-refractivity contribution in [3.63, 3.8) is 0 Å². The number of rotatable bonds is 4. The van der Waals surface area contributed by atoms with E-state index in [1.165, 1.54) is 18.2 Å². The third kappa shape index (κ3) is 3.21. The third-order valence-electron chi connectivity index (χ3n) is 4.17. The minimum atomic E-state index is -1.12. The van der Waals surface area contributed by atoms with Crippen LogP contribution in [-0.4, -0.2) is 32.1 Å². The predicted molar refractivity (Wildman–Crippen MR) is 107 cm³/mol. The molecule has 0 aliphatic heterocycles. The summed E-state index contributed by atoms with van der Waals surface area (Å²) < 4.78 is 0. The molecule has 2 aromatic carbocycles. The molecule has 0 spiro atoms. The van der Waals surface area contributed by atoms with Gasteiger partial charge in [-0.2, -0.15) is 0 Å². The van der Waals surface area contributed by atoms with Crippen LogP contribution in [-0.2, 0) is 0 Å². The van der Waals surface area contributed by atoms with E-state index in [4.69, 9.17) is 23.2 Å². The summed E-state index contributed by atoms with van der Waals surface area (Å²) in [6.45, 7) is 0. The Balaban J connectivity index is 1.98. The van der Waals surface area contributed by atoms with Crippen LogP contribution in [0.25, 0.3) is 21.8 Å². The molecular weight excluding hydrogens is 405 g/mol. The molecule has 0 aliphatic carbocycles. The predicted octanol–water partition coefficient (Wildman–Crippen LogP) is 5.16. The molecule has 0 bridgehead atoms. The smallest absolute Gasteiger partial charge is 0.352 e. The van der Waals surface area contributed by atoms with Gasteiger partial charge in [0.25, 0.3) is 0 Å². The van der Waals surface area contributed by atoms with E-state index in [1.807, 2.05) is 0 Å². The van der Waals surface area contributed by atoms with Crippen molar-refractivity contribution in [2.24, 2.45) is 0 Å². The highest BCUT2D eigenvalue weighted by atomic mass is 35.5. The van der Waals surface area contributed by atoms with Gasteiger partial charge >= 0.3 is 11.9 Å². The zero-order valence-corrected chi connectivity index (χ0v) is 15.5. The van der Waals surface area contributed by atoms with Crippen LogP contribution in [0.4, 0.5) is 11.5 Å².